The molecule has 0 amide bonds. The van der Waals surface area contributed by atoms with E-state index in [1.54, 1.807) is 0 Å². The van der Waals surface area contributed by atoms with Crippen molar-refractivity contribution in [1.82, 2.24) is 0 Å². The van der Waals surface area contributed by atoms with Crippen molar-refractivity contribution >= 4 is 5.97 Å². The van der Waals surface area contributed by atoms with Gasteiger partial charge in [0.2, 0.25) is 0 Å². The average Bonchev–Trinajstić information content (AvgIpc) is 2.18. The van der Waals surface area contributed by atoms with Gasteiger partial charge in [-0.3, -0.25) is 0 Å². The van der Waals surface area contributed by atoms with Crippen LogP contribution in [-0.2, 0) is 9.53 Å². The molecule has 0 aliphatic rings. The Morgan fingerprint density at radius 1 is 1.14 bits per heavy atom. The summed E-state index contributed by atoms with van der Waals surface area (Å²) in [5.74, 6) is -0.233. The first-order chi connectivity index (χ1) is 6.81. The molecule has 0 aliphatic carbocycles. The smallest absolute Gasteiger partial charge is 0.330 e. The monoisotopic (exact) mass is 196 g/mol. The lowest BCUT2D eigenvalue weighted by Gasteiger charge is -1.97. The van der Waals surface area contributed by atoms with Gasteiger partial charge in [-0.05, 0) is 19.3 Å². The summed E-state index contributed by atoms with van der Waals surface area (Å²) in [7, 11) is 0. The van der Waals surface area contributed by atoms with Gasteiger partial charge < -0.3 is 4.74 Å². The van der Waals surface area contributed by atoms with E-state index in [-0.39, 0.29) is 5.97 Å². The summed E-state index contributed by atoms with van der Waals surface area (Å²) in [6, 6.07) is 0. The highest BCUT2D eigenvalue weighted by Crippen LogP contribution is 1.92. The average molecular weight is 196 g/mol. The molecule has 2 nitrogen and oxygen atoms in total. The molecule has 14 heavy (non-hydrogen) atoms. The van der Waals surface area contributed by atoms with Crippen LogP contribution in [-0.4, -0.2) is 12.6 Å². The zero-order chi connectivity index (χ0) is 10.6. The van der Waals surface area contributed by atoms with Crippen molar-refractivity contribution < 1.29 is 9.53 Å². The predicted octanol–water partition coefficient (Wildman–Crippen LogP) is 3.24. The van der Waals surface area contributed by atoms with Crippen LogP contribution >= 0.6 is 0 Å². The fourth-order valence-corrected chi connectivity index (χ4v) is 0.906. The molecule has 0 fully saturated rings. The predicted molar refractivity (Wildman–Crippen MR) is 59.1 cm³/mol. The van der Waals surface area contributed by atoms with E-state index < -0.39 is 0 Å². The van der Waals surface area contributed by atoms with E-state index in [1.807, 2.05) is 12.2 Å². The van der Waals surface area contributed by atoms with Crippen molar-refractivity contribution in [2.45, 2.75) is 39.5 Å². The number of rotatable bonds is 7. The zero-order valence-corrected chi connectivity index (χ0v) is 9.16. The lowest BCUT2D eigenvalue weighted by atomic mass is 10.3. The SMILES string of the molecule is CCC=CCCOC(=O)C=CCCC. The second-order valence-corrected chi connectivity index (χ2v) is 3.03. The third-order valence-corrected chi connectivity index (χ3v) is 1.64. The maximum Gasteiger partial charge on any atom is 0.330 e. The molecule has 0 aromatic rings. The molecule has 0 bridgehead atoms. The molecule has 0 aromatic heterocycles. The number of ether oxygens (including phenoxy) is 1. The van der Waals surface area contributed by atoms with Gasteiger partial charge in [0.05, 0.1) is 6.61 Å². The van der Waals surface area contributed by atoms with Crippen molar-refractivity contribution in [2.75, 3.05) is 6.61 Å². The maximum atomic E-state index is 11.0. The highest BCUT2D eigenvalue weighted by atomic mass is 16.5. The Morgan fingerprint density at radius 2 is 1.93 bits per heavy atom. The van der Waals surface area contributed by atoms with Crippen molar-refractivity contribution in [3.05, 3.63) is 24.3 Å². The van der Waals surface area contributed by atoms with Crippen LogP contribution in [0.2, 0.25) is 0 Å². The number of allylic oxidation sites excluding steroid dienone is 2. The molecular formula is C12H20O2. The first-order valence-electron chi connectivity index (χ1n) is 5.29. The maximum absolute atomic E-state index is 11.0. The molecule has 0 spiro atoms. The van der Waals surface area contributed by atoms with Gasteiger partial charge in [-0.2, -0.15) is 0 Å². The molecule has 0 aromatic carbocycles. The highest BCUT2D eigenvalue weighted by molar-refractivity contribution is 5.81. The Morgan fingerprint density at radius 3 is 2.57 bits per heavy atom. The van der Waals surface area contributed by atoms with Gasteiger partial charge in [-0.25, -0.2) is 4.79 Å². The molecule has 0 unspecified atom stereocenters. The van der Waals surface area contributed by atoms with E-state index in [9.17, 15) is 4.79 Å². The van der Waals surface area contributed by atoms with Crippen LogP contribution in [0.1, 0.15) is 39.5 Å². The fraction of sp³-hybridized carbons (Fsp3) is 0.583. The van der Waals surface area contributed by atoms with Gasteiger partial charge in [0, 0.05) is 6.08 Å². The second-order valence-electron chi connectivity index (χ2n) is 3.03. The van der Waals surface area contributed by atoms with Crippen molar-refractivity contribution in [2.24, 2.45) is 0 Å². The third kappa shape index (κ3) is 9.04. The number of esters is 1. The Kier molecular flexibility index (Phi) is 9.28. The normalized spacial score (nSPS) is 11.3. The molecule has 0 rings (SSSR count). The van der Waals surface area contributed by atoms with Crippen molar-refractivity contribution in [3.63, 3.8) is 0 Å². The van der Waals surface area contributed by atoms with Crippen LogP contribution < -0.4 is 0 Å². The number of carbonyl (C=O) groups is 1. The van der Waals surface area contributed by atoms with Gasteiger partial charge in [0.25, 0.3) is 0 Å². The molecule has 0 atom stereocenters. The summed E-state index contributed by atoms with van der Waals surface area (Å²) in [5, 5.41) is 0. The molecule has 0 saturated carbocycles. The summed E-state index contributed by atoms with van der Waals surface area (Å²) in [6.07, 6.45) is 11.3. The first kappa shape index (κ1) is 12.9. The zero-order valence-electron chi connectivity index (χ0n) is 9.16. The lowest BCUT2D eigenvalue weighted by Crippen LogP contribution is -2.01. The highest BCUT2D eigenvalue weighted by Gasteiger charge is 1.93. The minimum Gasteiger partial charge on any atom is -0.462 e. The van der Waals surface area contributed by atoms with Crippen LogP contribution in [0.5, 0.6) is 0 Å². The number of carbonyl (C=O) groups excluding carboxylic acids is 1. The number of hydrogen-bond acceptors (Lipinski definition) is 2. The Bertz CT molecular complexity index is 192. The largest absolute Gasteiger partial charge is 0.462 e. The van der Waals surface area contributed by atoms with Crippen LogP contribution in [0.4, 0.5) is 0 Å². The van der Waals surface area contributed by atoms with E-state index >= 15 is 0 Å². The third-order valence-electron chi connectivity index (χ3n) is 1.64. The van der Waals surface area contributed by atoms with E-state index in [0.717, 1.165) is 25.7 Å². The molecule has 0 aliphatic heterocycles. The topological polar surface area (TPSA) is 26.3 Å². The van der Waals surface area contributed by atoms with Gasteiger partial charge in [-0.1, -0.05) is 38.5 Å². The standard InChI is InChI=1S/C12H20O2/c1-3-5-7-9-11-14-12(13)10-8-6-4-2/h5,7-8,10H,3-4,6,9,11H2,1-2H3. The van der Waals surface area contributed by atoms with E-state index in [0.29, 0.717) is 6.61 Å². The van der Waals surface area contributed by atoms with Crippen LogP contribution in [0.25, 0.3) is 0 Å². The van der Waals surface area contributed by atoms with Gasteiger partial charge >= 0.3 is 5.97 Å². The Labute approximate surface area is 86.6 Å². The van der Waals surface area contributed by atoms with E-state index in [2.05, 4.69) is 19.9 Å². The van der Waals surface area contributed by atoms with Gasteiger partial charge in [0.15, 0.2) is 0 Å². The summed E-state index contributed by atoms with van der Waals surface area (Å²) < 4.78 is 4.96. The molecular weight excluding hydrogens is 176 g/mol. The van der Waals surface area contributed by atoms with Gasteiger partial charge in [-0.15, -0.1) is 0 Å². The Hall–Kier alpha value is -1.05. The van der Waals surface area contributed by atoms with Crippen molar-refractivity contribution in [3.8, 4) is 0 Å². The Balaban J connectivity index is 3.40. The summed E-state index contributed by atoms with van der Waals surface area (Å²) >= 11 is 0. The molecule has 0 radical (unpaired) electrons. The lowest BCUT2D eigenvalue weighted by molar-refractivity contribution is -0.137. The quantitative estimate of drug-likeness (QED) is 0.270. The molecule has 80 valence electrons. The van der Waals surface area contributed by atoms with Crippen LogP contribution in [0, 0.1) is 0 Å². The summed E-state index contributed by atoms with van der Waals surface area (Å²) in [6.45, 7) is 4.63. The minimum absolute atomic E-state index is 0.233. The number of unbranched alkanes of at least 4 members (excludes halogenated alkanes) is 1. The minimum atomic E-state index is -0.233. The summed E-state index contributed by atoms with van der Waals surface area (Å²) in [5.41, 5.74) is 0. The van der Waals surface area contributed by atoms with Crippen LogP contribution in [0.15, 0.2) is 24.3 Å². The number of hydrogen-bond donors (Lipinski definition) is 0. The molecule has 0 N–H and O–H groups in total. The van der Waals surface area contributed by atoms with Crippen LogP contribution in [0.3, 0.4) is 0 Å². The van der Waals surface area contributed by atoms with E-state index in [1.165, 1.54) is 6.08 Å². The molecule has 0 heterocycles. The molecule has 0 saturated heterocycles. The fourth-order valence-electron chi connectivity index (χ4n) is 0.906. The van der Waals surface area contributed by atoms with Crippen molar-refractivity contribution in [1.29, 1.82) is 0 Å². The summed E-state index contributed by atoms with van der Waals surface area (Å²) in [4.78, 5) is 11.0. The second kappa shape index (κ2) is 10.0. The van der Waals surface area contributed by atoms with E-state index in [4.69, 9.17) is 4.74 Å². The van der Waals surface area contributed by atoms with Gasteiger partial charge in [0.1, 0.15) is 0 Å². The first-order valence-corrected chi connectivity index (χ1v) is 5.29. The molecule has 2 heteroatoms.